The van der Waals surface area contributed by atoms with E-state index >= 15 is 0 Å². The van der Waals surface area contributed by atoms with E-state index in [-0.39, 0.29) is 5.54 Å². The van der Waals surface area contributed by atoms with E-state index in [4.69, 9.17) is 0 Å². The summed E-state index contributed by atoms with van der Waals surface area (Å²) in [7, 11) is 0. The summed E-state index contributed by atoms with van der Waals surface area (Å²) < 4.78 is 0. The van der Waals surface area contributed by atoms with Gasteiger partial charge in [-0.25, -0.2) is 0 Å². The van der Waals surface area contributed by atoms with Gasteiger partial charge in [0.05, 0.1) is 5.54 Å². The molecule has 1 atom stereocenters. The molecule has 0 N–H and O–H groups in total. The zero-order valence-electron chi connectivity index (χ0n) is 16.7. The molecule has 25 heavy (non-hydrogen) atoms. The van der Waals surface area contributed by atoms with E-state index in [1.807, 2.05) is 0 Å². The van der Waals surface area contributed by atoms with Crippen molar-refractivity contribution in [2.75, 3.05) is 11.4 Å². The Morgan fingerprint density at radius 2 is 1.72 bits per heavy atom. The van der Waals surface area contributed by atoms with Crippen molar-refractivity contribution in [2.45, 2.75) is 96.9 Å². The summed E-state index contributed by atoms with van der Waals surface area (Å²) >= 11 is 0. The predicted molar refractivity (Wildman–Crippen MR) is 111 cm³/mol. The largest absolute Gasteiger partial charge is 0.362 e. The lowest BCUT2D eigenvalue weighted by atomic mass is 9.82. The first-order chi connectivity index (χ1) is 12.2. The van der Waals surface area contributed by atoms with E-state index < -0.39 is 0 Å². The molecule has 1 aromatic carbocycles. The summed E-state index contributed by atoms with van der Waals surface area (Å²) in [6.45, 7) is 8.31. The first-order valence-corrected chi connectivity index (χ1v) is 10.8. The Morgan fingerprint density at radius 1 is 0.960 bits per heavy atom. The monoisotopic (exact) mass is 339 g/mol. The van der Waals surface area contributed by atoms with Gasteiger partial charge in [-0.05, 0) is 43.7 Å². The van der Waals surface area contributed by atoms with Gasteiger partial charge < -0.3 is 4.90 Å². The maximum absolute atomic E-state index is 2.74. The minimum atomic E-state index is 0.230. The lowest BCUT2D eigenvalue weighted by Crippen LogP contribution is -2.46. The fourth-order valence-corrected chi connectivity index (χ4v) is 4.82. The van der Waals surface area contributed by atoms with Crippen LogP contribution in [0.15, 0.2) is 24.3 Å². The fraction of sp³-hybridized carbons (Fsp3) is 0.667. The van der Waals surface area contributed by atoms with Crippen LogP contribution in [0.2, 0.25) is 0 Å². The molecule has 3 rings (SSSR count). The van der Waals surface area contributed by atoms with Crippen molar-refractivity contribution in [1.29, 1.82) is 0 Å². The minimum absolute atomic E-state index is 0.230. The zero-order valence-corrected chi connectivity index (χ0v) is 16.7. The lowest BCUT2D eigenvalue weighted by Gasteiger charge is -2.44. The van der Waals surface area contributed by atoms with Crippen LogP contribution in [0.5, 0.6) is 0 Å². The normalized spacial score (nSPS) is 21.4. The topological polar surface area (TPSA) is 3.24 Å². The molecular weight excluding hydrogens is 302 g/mol. The van der Waals surface area contributed by atoms with E-state index in [9.17, 15) is 0 Å². The second-order valence-corrected chi connectivity index (χ2v) is 8.36. The van der Waals surface area contributed by atoms with Gasteiger partial charge in [-0.2, -0.15) is 0 Å². The second-order valence-electron chi connectivity index (χ2n) is 8.36. The SMILES string of the molecule is CCCCCCC1=CC(C)(CCCCCC)N2CCc3cccc1c32. The highest BCUT2D eigenvalue weighted by atomic mass is 15.2. The molecule has 2 aliphatic heterocycles. The molecule has 2 heterocycles. The van der Waals surface area contributed by atoms with E-state index in [1.165, 1.54) is 82.7 Å². The van der Waals surface area contributed by atoms with Crippen LogP contribution in [0.4, 0.5) is 5.69 Å². The van der Waals surface area contributed by atoms with Gasteiger partial charge in [0.2, 0.25) is 0 Å². The maximum Gasteiger partial charge on any atom is 0.0562 e. The quantitative estimate of drug-likeness (QED) is 0.409. The van der Waals surface area contributed by atoms with Crippen molar-refractivity contribution in [3.8, 4) is 0 Å². The van der Waals surface area contributed by atoms with Gasteiger partial charge in [-0.3, -0.25) is 0 Å². The first kappa shape index (κ1) is 18.5. The van der Waals surface area contributed by atoms with Crippen LogP contribution in [-0.2, 0) is 6.42 Å². The van der Waals surface area contributed by atoms with Crippen LogP contribution in [0.25, 0.3) is 5.57 Å². The number of hydrogen-bond acceptors (Lipinski definition) is 1. The van der Waals surface area contributed by atoms with Crippen molar-refractivity contribution >= 4 is 11.3 Å². The number of anilines is 1. The fourth-order valence-electron chi connectivity index (χ4n) is 4.82. The maximum atomic E-state index is 2.74. The molecule has 1 aromatic rings. The van der Waals surface area contributed by atoms with Crippen LogP contribution < -0.4 is 4.90 Å². The lowest BCUT2D eigenvalue weighted by molar-refractivity contribution is 0.452. The molecule has 2 aliphatic rings. The van der Waals surface area contributed by atoms with Gasteiger partial charge in [0, 0.05) is 17.8 Å². The van der Waals surface area contributed by atoms with Crippen LogP contribution in [-0.4, -0.2) is 12.1 Å². The van der Waals surface area contributed by atoms with Gasteiger partial charge in [-0.15, -0.1) is 0 Å². The molecule has 0 bridgehead atoms. The van der Waals surface area contributed by atoms with E-state index in [1.54, 1.807) is 16.8 Å². The molecule has 0 aliphatic carbocycles. The Hall–Kier alpha value is -1.24. The number of allylic oxidation sites excluding steroid dienone is 1. The molecule has 0 saturated carbocycles. The Morgan fingerprint density at radius 3 is 2.48 bits per heavy atom. The van der Waals surface area contributed by atoms with E-state index in [2.05, 4.69) is 49.9 Å². The molecular formula is C24H37N. The highest BCUT2D eigenvalue weighted by Gasteiger charge is 2.39. The smallest absolute Gasteiger partial charge is 0.0562 e. The van der Waals surface area contributed by atoms with Gasteiger partial charge in [0.1, 0.15) is 0 Å². The van der Waals surface area contributed by atoms with Crippen molar-refractivity contribution < 1.29 is 0 Å². The van der Waals surface area contributed by atoms with E-state index in [0.29, 0.717) is 0 Å². The molecule has 0 spiro atoms. The number of hydrogen-bond donors (Lipinski definition) is 0. The first-order valence-electron chi connectivity index (χ1n) is 10.8. The third-order valence-corrected chi connectivity index (χ3v) is 6.28. The number of unbranched alkanes of at least 4 members (excludes halogenated alkanes) is 6. The van der Waals surface area contributed by atoms with Crippen LogP contribution >= 0.6 is 0 Å². The highest BCUT2D eigenvalue weighted by Crippen LogP contribution is 2.47. The summed E-state index contributed by atoms with van der Waals surface area (Å²) in [6, 6.07) is 7.01. The minimum Gasteiger partial charge on any atom is -0.362 e. The summed E-state index contributed by atoms with van der Waals surface area (Å²) in [5.74, 6) is 0. The van der Waals surface area contributed by atoms with E-state index in [0.717, 1.165) is 0 Å². The molecule has 1 heteroatoms. The molecule has 1 nitrogen and oxygen atoms in total. The van der Waals surface area contributed by atoms with Gasteiger partial charge >= 0.3 is 0 Å². The number of rotatable bonds is 10. The standard InChI is InChI=1S/C24H37N/c1-4-6-8-10-13-21-19-24(3,17-11-9-7-5-2)25-18-16-20-14-12-15-22(21)23(20)25/h12,14-15,19H,4-11,13,16-18H2,1-3H3. The third kappa shape index (κ3) is 3.96. The van der Waals surface area contributed by atoms with Crippen molar-refractivity contribution in [3.63, 3.8) is 0 Å². The Kier molecular flexibility index (Phi) is 6.25. The summed E-state index contributed by atoms with van der Waals surface area (Å²) in [6.07, 6.45) is 17.3. The molecule has 0 fully saturated rings. The van der Waals surface area contributed by atoms with Gasteiger partial charge in [-0.1, -0.05) is 83.1 Å². The van der Waals surface area contributed by atoms with Crippen LogP contribution in [0, 0.1) is 0 Å². The van der Waals surface area contributed by atoms with Crippen molar-refractivity contribution in [3.05, 3.63) is 35.4 Å². The predicted octanol–water partition coefficient (Wildman–Crippen LogP) is 7.15. The molecule has 0 amide bonds. The van der Waals surface area contributed by atoms with Crippen LogP contribution in [0.3, 0.4) is 0 Å². The number of para-hydroxylation sites is 1. The third-order valence-electron chi connectivity index (χ3n) is 6.28. The zero-order chi connectivity index (χ0) is 17.7. The molecule has 0 radical (unpaired) electrons. The van der Waals surface area contributed by atoms with Gasteiger partial charge in [0.15, 0.2) is 0 Å². The molecule has 138 valence electrons. The Labute approximate surface area is 155 Å². The average Bonchev–Trinajstić information content (AvgIpc) is 3.06. The van der Waals surface area contributed by atoms with Gasteiger partial charge in [0.25, 0.3) is 0 Å². The average molecular weight is 340 g/mol. The molecule has 0 aromatic heterocycles. The summed E-state index contributed by atoms with van der Waals surface area (Å²) in [5, 5.41) is 0. The number of nitrogens with zero attached hydrogens (tertiary/aromatic N) is 1. The van der Waals surface area contributed by atoms with Crippen molar-refractivity contribution in [1.82, 2.24) is 0 Å². The number of benzene rings is 1. The van der Waals surface area contributed by atoms with Crippen LogP contribution in [0.1, 0.15) is 96.1 Å². The summed E-state index contributed by atoms with van der Waals surface area (Å²) in [4.78, 5) is 2.74. The molecule has 1 unspecified atom stereocenters. The van der Waals surface area contributed by atoms with Crippen molar-refractivity contribution in [2.24, 2.45) is 0 Å². The molecule has 0 saturated heterocycles. The summed E-state index contributed by atoms with van der Waals surface area (Å²) in [5.41, 5.74) is 6.56. The highest BCUT2D eigenvalue weighted by molar-refractivity contribution is 5.85. The Bertz CT molecular complexity index is 600. The Balaban J connectivity index is 1.81. The second kappa shape index (κ2) is 8.43.